The molecule has 8 heteroatoms. The molecule has 0 radical (unpaired) electrons. The number of nitro groups is 1. The lowest BCUT2D eigenvalue weighted by molar-refractivity contribution is -0.384. The maximum Gasteiger partial charge on any atom is 0.273 e. The van der Waals surface area contributed by atoms with Crippen molar-refractivity contribution in [1.82, 2.24) is 9.97 Å². The van der Waals surface area contributed by atoms with Gasteiger partial charge in [-0.05, 0) is 6.07 Å². The third kappa shape index (κ3) is 3.52. The molecule has 0 aliphatic rings. The van der Waals surface area contributed by atoms with E-state index in [1.807, 2.05) is 0 Å². The molecule has 98 valence electrons. The van der Waals surface area contributed by atoms with Gasteiger partial charge in [0.25, 0.3) is 5.69 Å². The second kappa shape index (κ2) is 5.81. The largest absolute Gasteiger partial charge is 0.485 e. The van der Waals surface area contributed by atoms with Crippen molar-refractivity contribution in [3.63, 3.8) is 0 Å². The highest BCUT2D eigenvalue weighted by molar-refractivity contribution is 6.32. The van der Waals surface area contributed by atoms with Gasteiger partial charge in [-0.3, -0.25) is 15.1 Å². The van der Waals surface area contributed by atoms with Crippen LogP contribution in [-0.4, -0.2) is 14.9 Å². The van der Waals surface area contributed by atoms with E-state index in [-0.39, 0.29) is 28.2 Å². The van der Waals surface area contributed by atoms with Gasteiger partial charge in [-0.15, -0.1) is 0 Å². The zero-order valence-electron chi connectivity index (χ0n) is 9.42. The zero-order valence-corrected chi connectivity index (χ0v) is 10.9. The Balaban J connectivity index is 2.12. The second-order valence-electron chi connectivity index (χ2n) is 3.49. The van der Waals surface area contributed by atoms with E-state index >= 15 is 0 Å². The fourth-order valence-electron chi connectivity index (χ4n) is 1.28. The normalized spacial score (nSPS) is 10.2. The SMILES string of the molecule is O=[N+]([O-])c1ccc(Cl)c(OCc2cnc(Cl)cn2)c1. The first-order valence-electron chi connectivity index (χ1n) is 5.09. The molecule has 19 heavy (non-hydrogen) atoms. The average molecular weight is 300 g/mol. The van der Waals surface area contributed by atoms with Gasteiger partial charge in [0.1, 0.15) is 17.5 Å². The van der Waals surface area contributed by atoms with Crippen LogP contribution in [0.2, 0.25) is 10.2 Å². The van der Waals surface area contributed by atoms with E-state index < -0.39 is 4.92 Å². The fourth-order valence-corrected chi connectivity index (χ4v) is 1.55. The summed E-state index contributed by atoms with van der Waals surface area (Å²) in [5, 5.41) is 11.2. The first kappa shape index (κ1) is 13.5. The van der Waals surface area contributed by atoms with Gasteiger partial charge < -0.3 is 4.74 Å². The molecule has 0 amide bonds. The predicted molar refractivity (Wildman–Crippen MR) is 69.5 cm³/mol. The van der Waals surface area contributed by atoms with Crippen molar-refractivity contribution >= 4 is 28.9 Å². The zero-order chi connectivity index (χ0) is 13.8. The highest BCUT2D eigenvalue weighted by atomic mass is 35.5. The van der Waals surface area contributed by atoms with Crippen LogP contribution in [-0.2, 0) is 6.61 Å². The molecular formula is C11H7Cl2N3O3. The number of aromatic nitrogens is 2. The highest BCUT2D eigenvalue weighted by Crippen LogP contribution is 2.29. The molecule has 0 atom stereocenters. The first-order valence-corrected chi connectivity index (χ1v) is 5.85. The van der Waals surface area contributed by atoms with Crippen LogP contribution in [0, 0.1) is 10.1 Å². The molecule has 0 spiro atoms. The molecule has 0 bridgehead atoms. The van der Waals surface area contributed by atoms with Crippen molar-refractivity contribution in [2.75, 3.05) is 0 Å². The summed E-state index contributed by atoms with van der Waals surface area (Å²) in [6.07, 6.45) is 2.84. The van der Waals surface area contributed by atoms with Crippen molar-refractivity contribution in [2.24, 2.45) is 0 Å². The Morgan fingerprint density at radius 1 is 1.26 bits per heavy atom. The lowest BCUT2D eigenvalue weighted by Crippen LogP contribution is -2.00. The predicted octanol–water partition coefficient (Wildman–Crippen LogP) is 3.27. The Labute approximate surface area is 118 Å². The number of hydrogen-bond donors (Lipinski definition) is 0. The van der Waals surface area contributed by atoms with Crippen LogP contribution < -0.4 is 4.74 Å². The first-order chi connectivity index (χ1) is 9.06. The fraction of sp³-hybridized carbons (Fsp3) is 0.0909. The number of benzene rings is 1. The minimum Gasteiger partial charge on any atom is -0.485 e. The van der Waals surface area contributed by atoms with Crippen LogP contribution in [0.5, 0.6) is 5.75 Å². The quantitative estimate of drug-likeness (QED) is 0.639. The number of non-ortho nitro benzene ring substituents is 1. The van der Waals surface area contributed by atoms with Crippen molar-refractivity contribution in [2.45, 2.75) is 6.61 Å². The molecule has 6 nitrogen and oxygen atoms in total. The number of hydrogen-bond acceptors (Lipinski definition) is 5. The highest BCUT2D eigenvalue weighted by Gasteiger charge is 2.11. The smallest absolute Gasteiger partial charge is 0.273 e. The van der Waals surface area contributed by atoms with Crippen LogP contribution >= 0.6 is 23.2 Å². The topological polar surface area (TPSA) is 78.2 Å². The third-order valence-electron chi connectivity index (χ3n) is 2.17. The summed E-state index contributed by atoms with van der Waals surface area (Å²) in [4.78, 5) is 17.9. The van der Waals surface area contributed by atoms with Crippen molar-refractivity contribution in [3.05, 3.63) is 56.6 Å². The standard InChI is InChI=1S/C11H7Cl2N3O3/c12-9-2-1-8(16(17)18)3-10(9)19-6-7-4-15-11(13)5-14-7/h1-5H,6H2. The summed E-state index contributed by atoms with van der Waals surface area (Å²) < 4.78 is 5.37. The van der Waals surface area contributed by atoms with Crippen molar-refractivity contribution in [3.8, 4) is 5.75 Å². The summed E-state index contributed by atoms with van der Waals surface area (Å²) >= 11 is 11.5. The molecule has 2 rings (SSSR count). The minimum atomic E-state index is -0.523. The second-order valence-corrected chi connectivity index (χ2v) is 4.29. The van der Waals surface area contributed by atoms with Gasteiger partial charge in [0.15, 0.2) is 0 Å². The number of rotatable bonds is 4. The van der Waals surface area contributed by atoms with Gasteiger partial charge >= 0.3 is 0 Å². The van der Waals surface area contributed by atoms with Crippen LogP contribution in [0.1, 0.15) is 5.69 Å². The van der Waals surface area contributed by atoms with Gasteiger partial charge in [0.2, 0.25) is 0 Å². The maximum absolute atomic E-state index is 10.6. The Morgan fingerprint density at radius 3 is 2.68 bits per heavy atom. The summed E-state index contributed by atoms with van der Waals surface area (Å²) in [6, 6.07) is 3.96. The number of halogens is 2. The molecule has 1 aromatic carbocycles. The Bertz CT molecular complexity index is 605. The van der Waals surface area contributed by atoms with E-state index in [4.69, 9.17) is 27.9 Å². The average Bonchev–Trinajstić information content (AvgIpc) is 2.39. The van der Waals surface area contributed by atoms with E-state index in [0.29, 0.717) is 5.69 Å². The molecule has 0 unspecified atom stereocenters. The molecule has 1 aromatic heterocycles. The molecule has 2 aromatic rings. The lowest BCUT2D eigenvalue weighted by Gasteiger charge is -2.07. The number of ether oxygens (including phenoxy) is 1. The van der Waals surface area contributed by atoms with Crippen LogP contribution in [0.15, 0.2) is 30.6 Å². The van der Waals surface area contributed by atoms with E-state index in [2.05, 4.69) is 9.97 Å². The van der Waals surface area contributed by atoms with E-state index in [0.717, 1.165) is 0 Å². The van der Waals surface area contributed by atoms with Crippen molar-refractivity contribution < 1.29 is 9.66 Å². The number of nitrogens with zero attached hydrogens (tertiary/aromatic N) is 3. The number of nitro benzene ring substituents is 1. The Morgan fingerprint density at radius 2 is 2.05 bits per heavy atom. The van der Waals surface area contributed by atoms with Crippen LogP contribution in [0.25, 0.3) is 0 Å². The van der Waals surface area contributed by atoms with Gasteiger partial charge in [-0.2, -0.15) is 0 Å². The summed E-state index contributed by atoms with van der Waals surface area (Å²) in [5.74, 6) is 0.215. The Hall–Kier alpha value is -1.92. The monoisotopic (exact) mass is 299 g/mol. The van der Waals surface area contributed by atoms with Gasteiger partial charge in [0.05, 0.1) is 34.1 Å². The minimum absolute atomic E-state index is 0.0883. The van der Waals surface area contributed by atoms with E-state index in [9.17, 15) is 10.1 Å². The van der Waals surface area contributed by atoms with Gasteiger partial charge in [0, 0.05) is 6.07 Å². The molecule has 0 N–H and O–H groups in total. The summed E-state index contributed by atoms with van der Waals surface area (Å²) in [6.45, 7) is 0.0883. The molecule has 0 aliphatic carbocycles. The van der Waals surface area contributed by atoms with Crippen LogP contribution in [0.3, 0.4) is 0 Å². The molecule has 1 heterocycles. The van der Waals surface area contributed by atoms with Gasteiger partial charge in [-0.25, -0.2) is 4.98 Å². The summed E-state index contributed by atoms with van der Waals surface area (Å²) in [7, 11) is 0. The molecule has 0 fully saturated rings. The van der Waals surface area contributed by atoms with E-state index in [1.54, 1.807) is 0 Å². The molecule has 0 saturated carbocycles. The van der Waals surface area contributed by atoms with Crippen molar-refractivity contribution in [1.29, 1.82) is 0 Å². The van der Waals surface area contributed by atoms with E-state index in [1.165, 1.54) is 30.6 Å². The lowest BCUT2D eigenvalue weighted by atomic mass is 10.3. The molecule has 0 saturated heterocycles. The maximum atomic E-state index is 10.6. The third-order valence-corrected chi connectivity index (χ3v) is 2.68. The van der Waals surface area contributed by atoms with Gasteiger partial charge in [-0.1, -0.05) is 23.2 Å². The molecular weight excluding hydrogens is 293 g/mol. The molecule has 0 aliphatic heterocycles. The Kier molecular flexibility index (Phi) is 4.13. The summed E-state index contributed by atoms with van der Waals surface area (Å²) in [5.41, 5.74) is 0.438. The van der Waals surface area contributed by atoms with Crippen LogP contribution in [0.4, 0.5) is 5.69 Å².